The van der Waals surface area contributed by atoms with Gasteiger partial charge in [0.25, 0.3) is 0 Å². The van der Waals surface area contributed by atoms with Gasteiger partial charge in [-0.25, -0.2) is 14.8 Å². The molecule has 0 fully saturated rings. The van der Waals surface area contributed by atoms with Gasteiger partial charge in [-0.1, -0.05) is 11.6 Å². The molecule has 0 bridgehead atoms. The minimum atomic E-state index is -1.08. The summed E-state index contributed by atoms with van der Waals surface area (Å²) in [6, 6.07) is 5.45. The maximum absolute atomic E-state index is 11.2. The van der Waals surface area contributed by atoms with Gasteiger partial charge >= 0.3 is 5.97 Å². The third-order valence-corrected chi connectivity index (χ3v) is 3.78. The SMILES string of the molecule is Cc1cc2ncn(-c3cc(C(=O)O)c(Cl)cn3)c2cc1C. The number of nitrogens with zero attached hydrogens (tertiary/aromatic N) is 3. The van der Waals surface area contributed by atoms with Crippen molar-refractivity contribution >= 4 is 28.6 Å². The van der Waals surface area contributed by atoms with Crippen LogP contribution in [0.5, 0.6) is 0 Å². The van der Waals surface area contributed by atoms with E-state index in [-0.39, 0.29) is 10.6 Å². The van der Waals surface area contributed by atoms with E-state index in [2.05, 4.69) is 9.97 Å². The van der Waals surface area contributed by atoms with Crippen molar-refractivity contribution in [1.29, 1.82) is 0 Å². The van der Waals surface area contributed by atoms with Gasteiger partial charge in [-0.15, -0.1) is 0 Å². The molecule has 0 aliphatic rings. The lowest BCUT2D eigenvalue weighted by Gasteiger charge is -2.07. The molecule has 0 amide bonds. The molecule has 2 heterocycles. The number of aryl methyl sites for hydroxylation is 2. The highest BCUT2D eigenvalue weighted by Gasteiger charge is 2.13. The van der Waals surface area contributed by atoms with Crippen LogP contribution < -0.4 is 0 Å². The summed E-state index contributed by atoms with van der Waals surface area (Å²) < 4.78 is 1.75. The molecule has 1 aromatic carbocycles. The number of pyridine rings is 1. The Kier molecular flexibility index (Phi) is 3.14. The van der Waals surface area contributed by atoms with Gasteiger partial charge in [0, 0.05) is 6.20 Å². The Morgan fingerprint density at radius 3 is 2.62 bits per heavy atom. The number of benzene rings is 1. The van der Waals surface area contributed by atoms with E-state index in [0.717, 1.165) is 22.2 Å². The maximum Gasteiger partial charge on any atom is 0.337 e. The highest BCUT2D eigenvalue weighted by atomic mass is 35.5. The molecule has 0 unspecified atom stereocenters. The molecule has 0 radical (unpaired) electrons. The number of aromatic nitrogens is 3. The first-order chi connectivity index (χ1) is 9.97. The number of hydrogen-bond acceptors (Lipinski definition) is 3. The highest BCUT2D eigenvalue weighted by molar-refractivity contribution is 6.33. The van der Waals surface area contributed by atoms with E-state index in [1.54, 1.807) is 10.9 Å². The second kappa shape index (κ2) is 4.86. The molecule has 0 aliphatic carbocycles. The second-order valence-electron chi connectivity index (χ2n) is 4.87. The average molecular weight is 302 g/mol. The van der Waals surface area contributed by atoms with E-state index in [4.69, 9.17) is 16.7 Å². The molecule has 1 N–H and O–H groups in total. The monoisotopic (exact) mass is 301 g/mol. The van der Waals surface area contributed by atoms with Crippen molar-refractivity contribution in [3.63, 3.8) is 0 Å². The number of aromatic carboxylic acids is 1. The topological polar surface area (TPSA) is 68.0 Å². The summed E-state index contributed by atoms with van der Waals surface area (Å²) in [7, 11) is 0. The van der Waals surface area contributed by atoms with Gasteiger partial charge in [0.15, 0.2) is 0 Å². The first-order valence-corrected chi connectivity index (χ1v) is 6.68. The largest absolute Gasteiger partial charge is 0.478 e. The zero-order chi connectivity index (χ0) is 15.1. The van der Waals surface area contributed by atoms with Crippen LogP contribution >= 0.6 is 11.6 Å². The fourth-order valence-corrected chi connectivity index (χ4v) is 2.35. The molecule has 6 heteroatoms. The zero-order valence-corrected chi connectivity index (χ0v) is 12.2. The second-order valence-corrected chi connectivity index (χ2v) is 5.27. The molecule has 3 aromatic rings. The first-order valence-electron chi connectivity index (χ1n) is 6.31. The third kappa shape index (κ3) is 2.25. The number of hydrogen-bond donors (Lipinski definition) is 1. The van der Waals surface area contributed by atoms with Crippen molar-refractivity contribution in [2.45, 2.75) is 13.8 Å². The van der Waals surface area contributed by atoms with E-state index in [1.165, 1.54) is 12.3 Å². The molecular weight excluding hydrogens is 290 g/mol. The van der Waals surface area contributed by atoms with Gasteiger partial charge in [-0.2, -0.15) is 0 Å². The first kappa shape index (κ1) is 13.6. The molecule has 3 rings (SSSR count). The van der Waals surface area contributed by atoms with Gasteiger partial charge in [0.05, 0.1) is 21.6 Å². The van der Waals surface area contributed by atoms with Crippen LogP contribution in [0.3, 0.4) is 0 Å². The zero-order valence-electron chi connectivity index (χ0n) is 11.5. The smallest absolute Gasteiger partial charge is 0.337 e. The summed E-state index contributed by atoms with van der Waals surface area (Å²) in [6.45, 7) is 4.04. The minimum Gasteiger partial charge on any atom is -0.478 e. The molecule has 5 nitrogen and oxygen atoms in total. The number of rotatable bonds is 2. The number of imidazole rings is 1. The number of carboxylic acid groups (broad SMARTS) is 1. The molecule has 2 aromatic heterocycles. The lowest BCUT2D eigenvalue weighted by Crippen LogP contribution is -2.03. The van der Waals surface area contributed by atoms with Crippen molar-refractivity contribution in [2.75, 3.05) is 0 Å². The normalized spacial score (nSPS) is 11.0. The quantitative estimate of drug-likeness (QED) is 0.788. The average Bonchev–Trinajstić information content (AvgIpc) is 2.82. The van der Waals surface area contributed by atoms with Crippen LogP contribution in [-0.4, -0.2) is 25.6 Å². The molecule has 0 aliphatic heterocycles. The Bertz CT molecular complexity index is 871. The van der Waals surface area contributed by atoms with Crippen molar-refractivity contribution in [2.24, 2.45) is 0 Å². The molecule has 106 valence electrons. The summed E-state index contributed by atoms with van der Waals surface area (Å²) in [5.74, 6) is -0.609. The van der Waals surface area contributed by atoms with Gasteiger partial charge in [-0.3, -0.25) is 4.57 Å². The van der Waals surface area contributed by atoms with Crippen molar-refractivity contribution < 1.29 is 9.90 Å². The predicted molar refractivity (Wildman–Crippen MR) is 80.3 cm³/mol. The van der Waals surface area contributed by atoms with Crippen molar-refractivity contribution in [3.8, 4) is 5.82 Å². The predicted octanol–water partition coefficient (Wildman–Crippen LogP) is 3.39. The number of carboxylic acids is 1. The number of fused-ring (bicyclic) bond motifs is 1. The van der Waals surface area contributed by atoms with E-state index in [0.29, 0.717) is 5.82 Å². The molecule has 21 heavy (non-hydrogen) atoms. The van der Waals surface area contributed by atoms with Gasteiger partial charge < -0.3 is 5.11 Å². The van der Waals surface area contributed by atoms with Crippen molar-refractivity contribution in [3.05, 3.63) is 52.4 Å². The van der Waals surface area contributed by atoms with E-state index < -0.39 is 5.97 Å². The van der Waals surface area contributed by atoms with Crippen LogP contribution in [-0.2, 0) is 0 Å². The standard InChI is InChI=1S/C15H12ClN3O2/c1-8-3-12-13(4-9(8)2)19(7-18-12)14-5-10(15(20)21)11(16)6-17-14/h3-7H,1-2H3,(H,20,21). The summed E-state index contributed by atoms with van der Waals surface area (Å²) >= 11 is 5.85. The molecular formula is C15H12ClN3O2. The highest BCUT2D eigenvalue weighted by Crippen LogP contribution is 2.23. The van der Waals surface area contributed by atoms with Crippen LogP contribution in [0.15, 0.2) is 30.7 Å². The summed E-state index contributed by atoms with van der Waals surface area (Å²) in [6.07, 6.45) is 2.97. The molecule has 0 saturated carbocycles. The summed E-state index contributed by atoms with van der Waals surface area (Å²) in [5.41, 5.74) is 4.03. The molecule has 0 atom stereocenters. The molecule has 0 spiro atoms. The van der Waals surface area contributed by atoms with Crippen LogP contribution in [0.25, 0.3) is 16.9 Å². The fraction of sp³-hybridized carbons (Fsp3) is 0.133. The Hall–Kier alpha value is -2.40. The Morgan fingerprint density at radius 2 is 1.90 bits per heavy atom. The van der Waals surface area contributed by atoms with E-state index >= 15 is 0 Å². The van der Waals surface area contributed by atoms with E-state index in [9.17, 15) is 4.79 Å². The van der Waals surface area contributed by atoms with Gasteiger partial charge in [-0.05, 0) is 43.2 Å². The maximum atomic E-state index is 11.2. The van der Waals surface area contributed by atoms with Crippen LogP contribution in [0.1, 0.15) is 21.5 Å². The van der Waals surface area contributed by atoms with Crippen LogP contribution in [0, 0.1) is 13.8 Å². The van der Waals surface area contributed by atoms with Crippen LogP contribution in [0.4, 0.5) is 0 Å². The van der Waals surface area contributed by atoms with Crippen LogP contribution in [0.2, 0.25) is 5.02 Å². The van der Waals surface area contributed by atoms with Gasteiger partial charge in [0.1, 0.15) is 12.1 Å². The Balaban J connectivity index is 2.23. The van der Waals surface area contributed by atoms with Gasteiger partial charge in [0.2, 0.25) is 0 Å². The number of carbonyl (C=O) groups is 1. The number of halogens is 1. The minimum absolute atomic E-state index is 0.0207. The summed E-state index contributed by atoms with van der Waals surface area (Å²) in [5, 5.41) is 9.26. The van der Waals surface area contributed by atoms with Crippen molar-refractivity contribution in [1.82, 2.24) is 14.5 Å². The van der Waals surface area contributed by atoms with E-state index in [1.807, 2.05) is 26.0 Å². The Labute approximate surface area is 125 Å². The lowest BCUT2D eigenvalue weighted by atomic mass is 10.1. The fourth-order valence-electron chi connectivity index (χ4n) is 2.17. The summed E-state index contributed by atoms with van der Waals surface area (Å²) in [4.78, 5) is 19.7. The third-order valence-electron chi connectivity index (χ3n) is 3.48. The molecule has 0 saturated heterocycles. The Morgan fingerprint density at radius 1 is 1.19 bits per heavy atom. The lowest BCUT2D eigenvalue weighted by molar-refractivity contribution is 0.0697.